The number of amides is 3. The van der Waals surface area contributed by atoms with Crippen molar-refractivity contribution >= 4 is 11.9 Å². The van der Waals surface area contributed by atoms with E-state index in [1.54, 1.807) is 24.1 Å². The van der Waals surface area contributed by atoms with Gasteiger partial charge in [-0.3, -0.25) is 15.0 Å². The number of nitrogens with zero attached hydrogens (tertiary/aromatic N) is 1. The Hall–Kier alpha value is -1.95. The molecular weight excluding hydrogens is 285 g/mol. The Morgan fingerprint density at radius 1 is 1.32 bits per heavy atom. The molecule has 0 unspecified atom stereocenters. The van der Waals surface area contributed by atoms with Crippen LogP contribution in [0.25, 0.3) is 0 Å². The Bertz CT molecular complexity index is 506. The molecule has 0 fully saturated rings. The molecule has 1 aromatic rings. The highest BCUT2D eigenvalue weighted by Gasteiger charge is 2.11. The van der Waals surface area contributed by atoms with Crippen molar-refractivity contribution in [3.63, 3.8) is 0 Å². The summed E-state index contributed by atoms with van der Waals surface area (Å²) in [5.41, 5.74) is 0.775. The van der Waals surface area contributed by atoms with Gasteiger partial charge in [0.1, 0.15) is 5.82 Å². The molecule has 5 nitrogen and oxygen atoms in total. The number of nitrogens with one attached hydrogen (secondary N) is 2. The van der Waals surface area contributed by atoms with Crippen LogP contribution < -0.4 is 10.6 Å². The quantitative estimate of drug-likeness (QED) is 0.811. The second kappa shape index (κ2) is 9.15. The van der Waals surface area contributed by atoms with E-state index in [1.165, 1.54) is 12.1 Å². The second-order valence-corrected chi connectivity index (χ2v) is 5.79. The van der Waals surface area contributed by atoms with Gasteiger partial charge in [-0.05, 0) is 37.1 Å². The normalized spacial score (nSPS) is 10.8. The minimum atomic E-state index is -0.482. The number of imide groups is 1. The zero-order valence-corrected chi connectivity index (χ0v) is 13.4. The van der Waals surface area contributed by atoms with Gasteiger partial charge >= 0.3 is 6.03 Å². The highest BCUT2D eigenvalue weighted by Crippen LogP contribution is 2.05. The molecule has 0 spiro atoms. The number of rotatable bonds is 7. The third kappa shape index (κ3) is 7.73. The first-order chi connectivity index (χ1) is 10.4. The molecule has 22 heavy (non-hydrogen) atoms. The Labute approximate surface area is 130 Å². The van der Waals surface area contributed by atoms with Crippen molar-refractivity contribution in [1.29, 1.82) is 0 Å². The Balaban J connectivity index is 2.30. The first-order valence-corrected chi connectivity index (χ1v) is 7.37. The smallest absolute Gasteiger partial charge is 0.321 e. The predicted octanol–water partition coefficient (Wildman–Crippen LogP) is 2.13. The molecule has 2 N–H and O–H groups in total. The largest absolute Gasteiger partial charge is 0.338 e. The summed E-state index contributed by atoms with van der Waals surface area (Å²) < 4.78 is 13.1. The van der Waals surface area contributed by atoms with Crippen molar-refractivity contribution in [2.75, 3.05) is 20.1 Å². The van der Waals surface area contributed by atoms with Crippen LogP contribution in [-0.2, 0) is 11.3 Å². The van der Waals surface area contributed by atoms with E-state index >= 15 is 0 Å². The summed E-state index contributed by atoms with van der Waals surface area (Å²) in [6.07, 6.45) is 0.862. The number of likely N-dealkylation sites (N-methyl/N-ethyl adjacent to an activating group) is 1. The minimum absolute atomic E-state index is 0.0636. The lowest BCUT2D eigenvalue weighted by atomic mass is 10.1. The molecule has 0 aliphatic carbocycles. The molecule has 122 valence electrons. The van der Waals surface area contributed by atoms with E-state index in [-0.39, 0.29) is 18.3 Å². The average molecular weight is 309 g/mol. The number of benzene rings is 1. The van der Waals surface area contributed by atoms with Crippen molar-refractivity contribution in [3.05, 3.63) is 35.6 Å². The summed E-state index contributed by atoms with van der Waals surface area (Å²) >= 11 is 0. The van der Waals surface area contributed by atoms with E-state index in [2.05, 4.69) is 24.5 Å². The van der Waals surface area contributed by atoms with E-state index in [0.29, 0.717) is 19.0 Å². The summed E-state index contributed by atoms with van der Waals surface area (Å²) in [5, 5.41) is 4.91. The van der Waals surface area contributed by atoms with Crippen LogP contribution in [0, 0.1) is 11.7 Å². The standard InChI is InChI=1S/C16H24FN3O2/c1-12(2)7-8-18-16(22)19-15(21)11-20(3)10-13-5-4-6-14(17)9-13/h4-6,9,12H,7-8,10-11H2,1-3H3,(H2,18,19,21,22). The van der Waals surface area contributed by atoms with Crippen LogP contribution in [0.15, 0.2) is 24.3 Å². The van der Waals surface area contributed by atoms with E-state index in [0.717, 1.165) is 12.0 Å². The van der Waals surface area contributed by atoms with Crippen molar-refractivity contribution < 1.29 is 14.0 Å². The van der Waals surface area contributed by atoms with E-state index < -0.39 is 6.03 Å². The van der Waals surface area contributed by atoms with Gasteiger partial charge in [-0.1, -0.05) is 26.0 Å². The molecule has 1 rings (SSSR count). The molecule has 0 aromatic heterocycles. The fraction of sp³-hybridized carbons (Fsp3) is 0.500. The van der Waals surface area contributed by atoms with Gasteiger partial charge in [0.25, 0.3) is 0 Å². The number of halogens is 1. The van der Waals surface area contributed by atoms with Crippen LogP contribution in [0.2, 0.25) is 0 Å². The first-order valence-electron chi connectivity index (χ1n) is 7.37. The van der Waals surface area contributed by atoms with E-state index in [4.69, 9.17) is 0 Å². The monoisotopic (exact) mass is 309 g/mol. The highest BCUT2D eigenvalue weighted by atomic mass is 19.1. The third-order valence-corrected chi connectivity index (χ3v) is 3.02. The fourth-order valence-corrected chi connectivity index (χ4v) is 1.93. The second-order valence-electron chi connectivity index (χ2n) is 5.79. The third-order valence-electron chi connectivity index (χ3n) is 3.02. The Morgan fingerprint density at radius 3 is 2.68 bits per heavy atom. The maximum absolute atomic E-state index is 13.1. The molecule has 0 bridgehead atoms. The molecule has 1 aromatic carbocycles. The molecule has 0 aliphatic rings. The summed E-state index contributed by atoms with van der Waals surface area (Å²) in [5.74, 6) is -0.200. The average Bonchev–Trinajstić information content (AvgIpc) is 2.37. The van der Waals surface area contributed by atoms with Crippen LogP contribution >= 0.6 is 0 Å². The van der Waals surface area contributed by atoms with Crippen LogP contribution in [0.1, 0.15) is 25.8 Å². The van der Waals surface area contributed by atoms with Crippen LogP contribution in [0.5, 0.6) is 0 Å². The van der Waals surface area contributed by atoms with Gasteiger partial charge in [-0.2, -0.15) is 0 Å². The lowest BCUT2D eigenvalue weighted by Crippen LogP contribution is -2.44. The Morgan fingerprint density at radius 2 is 2.05 bits per heavy atom. The number of carbonyl (C=O) groups excluding carboxylic acids is 2. The van der Waals surface area contributed by atoms with Crippen LogP contribution in [0.3, 0.4) is 0 Å². The molecule has 0 saturated carbocycles. The summed E-state index contributed by atoms with van der Waals surface area (Å²) in [7, 11) is 1.74. The van der Waals surface area contributed by atoms with Gasteiger partial charge in [0.2, 0.25) is 5.91 Å². The van der Waals surface area contributed by atoms with Gasteiger partial charge in [-0.25, -0.2) is 9.18 Å². The topological polar surface area (TPSA) is 61.4 Å². The zero-order chi connectivity index (χ0) is 16.5. The van der Waals surface area contributed by atoms with Gasteiger partial charge in [-0.15, -0.1) is 0 Å². The molecule has 0 atom stereocenters. The number of hydrogen-bond donors (Lipinski definition) is 2. The molecule has 0 aliphatic heterocycles. The van der Waals surface area contributed by atoms with Crippen molar-refractivity contribution in [1.82, 2.24) is 15.5 Å². The lowest BCUT2D eigenvalue weighted by molar-refractivity contribution is -0.120. The number of carbonyl (C=O) groups is 2. The predicted molar refractivity (Wildman–Crippen MR) is 83.7 cm³/mol. The zero-order valence-electron chi connectivity index (χ0n) is 13.4. The van der Waals surface area contributed by atoms with E-state index in [9.17, 15) is 14.0 Å². The molecule has 0 saturated heterocycles. The summed E-state index contributed by atoms with van der Waals surface area (Å²) in [6.45, 7) is 5.16. The van der Waals surface area contributed by atoms with Crippen LogP contribution in [0.4, 0.5) is 9.18 Å². The van der Waals surface area contributed by atoms with Crippen molar-refractivity contribution in [2.45, 2.75) is 26.8 Å². The highest BCUT2D eigenvalue weighted by molar-refractivity contribution is 5.95. The first kappa shape index (κ1) is 18.1. The molecule has 3 amide bonds. The van der Waals surface area contributed by atoms with Gasteiger partial charge in [0.15, 0.2) is 0 Å². The van der Waals surface area contributed by atoms with Gasteiger partial charge < -0.3 is 5.32 Å². The van der Waals surface area contributed by atoms with Gasteiger partial charge in [0, 0.05) is 13.1 Å². The van der Waals surface area contributed by atoms with Crippen molar-refractivity contribution in [3.8, 4) is 0 Å². The maximum Gasteiger partial charge on any atom is 0.321 e. The molecule has 6 heteroatoms. The van der Waals surface area contributed by atoms with Gasteiger partial charge in [0.05, 0.1) is 6.54 Å². The molecule has 0 heterocycles. The minimum Gasteiger partial charge on any atom is -0.338 e. The maximum atomic E-state index is 13.1. The van der Waals surface area contributed by atoms with Crippen molar-refractivity contribution in [2.24, 2.45) is 5.92 Å². The summed E-state index contributed by atoms with van der Waals surface area (Å²) in [6, 6.07) is 5.73. The Kier molecular flexibility index (Phi) is 7.52. The van der Waals surface area contributed by atoms with Crippen LogP contribution in [-0.4, -0.2) is 37.0 Å². The SMILES string of the molecule is CC(C)CCNC(=O)NC(=O)CN(C)Cc1cccc(F)c1. The summed E-state index contributed by atoms with van der Waals surface area (Å²) in [4.78, 5) is 25.0. The molecular formula is C16H24FN3O2. The number of urea groups is 1. The lowest BCUT2D eigenvalue weighted by Gasteiger charge is -2.16. The number of hydrogen-bond acceptors (Lipinski definition) is 3. The molecule has 0 radical (unpaired) electrons. The fourth-order valence-electron chi connectivity index (χ4n) is 1.93. The van der Waals surface area contributed by atoms with E-state index in [1.807, 2.05) is 0 Å².